The van der Waals surface area contributed by atoms with Crippen LogP contribution in [0.15, 0.2) is 54.6 Å². The van der Waals surface area contributed by atoms with Crippen molar-refractivity contribution in [3.05, 3.63) is 60.2 Å². The van der Waals surface area contributed by atoms with Crippen molar-refractivity contribution in [1.29, 1.82) is 0 Å². The van der Waals surface area contributed by atoms with E-state index in [4.69, 9.17) is 14.2 Å². The lowest BCUT2D eigenvalue weighted by Crippen LogP contribution is -2.60. The molecule has 3 atom stereocenters. The van der Waals surface area contributed by atoms with Crippen LogP contribution in [0, 0.1) is 0 Å². The van der Waals surface area contributed by atoms with Crippen molar-refractivity contribution in [2.75, 3.05) is 26.6 Å². The molecule has 2 aromatic carbocycles. The molecule has 2 N–H and O–H groups in total. The van der Waals surface area contributed by atoms with Crippen molar-refractivity contribution in [1.82, 2.24) is 5.32 Å². The van der Waals surface area contributed by atoms with Gasteiger partial charge in [0.25, 0.3) is 11.5 Å². The summed E-state index contributed by atoms with van der Waals surface area (Å²) in [6.07, 6.45) is -5.07. The fourth-order valence-corrected chi connectivity index (χ4v) is 3.20. The van der Waals surface area contributed by atoms with E-state index in [0.29, 0.717) is 11.4 Å². The Morgan fingerprint density at radius 2 is 1.53 bits per heavy atom. The second-order valence-electron chi connectivity index (χ2n) is 6.88. The second kappa shape index (κ2) is 10.4. The van der Waals surface area contributed by atoms with Crippen molar-refractivity contribution < 1.29 is 37.0 Å². The highest BCUT2D eigenvalue weighted by Crippen LogP contribution is 2.42. The van der Waals surface area contributed by atoms with Gasteiger partial charge in [0, 0.05) is 18.4 Å². The van der Waals surface area contributed by atoms with Gasteiger partial charge in [-0.2, -0.15) is 13.2 Å². The first-order chi connectivity index (χ1) is 15.1. The Balaban J connectivity index is 2.34. The molecular formula is C22H25F3N2O5. The third-order valence-corrected chi connectivity index (χ3v) is 4.93. The van der Waals surface area contributed by atoms with Crippen LogP contribution in [0.3, 0.4) is 0 Å². The van der Waals surface area contributed by atoms with Crippen LogP contribution in [0.25, 0.3) is 0 Å². The molecule has 0 bridgehead atoms. The fourth-order valence-electron chi connectivity index (χ4n) is 3.20. The van der Waals surface area contributed by atoms with Crippen LogP contribution in [-0.2, 0) is 24.7 Å². The van der Waals surface area contributed by atoms with Crippen molar-refractivity contribution in [3.8, 4) is 5.75 Å². The zero-order valence-electron chi connectivity index (χ0n) is 18.0. The van der Waals surface area contributed by atoms with Gasteiger partial charge in [0.05, 0.1) is 20.3 Å². The predicted molar refractivity (Wildman–Crippen MR) is 111 cm³/mol. The lowest BCUT2D eigenvalue weighted by Gasteiger charge is -2.35. The van der Waals surface area contributed by atoms with Gasteiger partial charge in [0.15, 0.2) is 0 Å². The monoisotopic (exact) mass is 454 g/mol. The molecule has 32 heavy (non-hydrogen) atoms. The van der Waals surface area contributed by atoms with Gasteiger partial charge < -0.3 is 24.8 Å². The number of hydrogen-bond donors (Lipinski definition) is 2. The average molecular weight is 454 g/mol. The Bertz CT molecular complexity index is 906. The van der Waals surface area contributed by atoms with E-state index in [1.807, 2.05) is 0 Å². The standard InChI is InChI=1S/C22H25F3N2O5/c1-14(18(19(28)31-3)27-16-10-12-17(30-2)13-11-16)26-20(29)21(32-4,22(23,24)25)15-8-6-5-7-9-15/h5-14,18,27H,1-4H3,(H,26,29)/t14-,18+,21+/m0/s1. The summed E-state index contributed by atoms with van der Waals surface area (Å²) in [5.41, 5.74) is -3.18. The van der Waals surface area contributed by atoms with E-state index >= 15 is 0 Å². The van der Waals surface area contributed by atoms with Crippen molar-refractivity contribution in [2.45, 2.75) is 30.8 Å². The van der Waals surface area contributed by atoms with E-state index in [1.165, 1.54) is 32.2 Å². The van der Waals surface area contributed by atoms with Crippen molar-refractivity contribution >= 4 is 17.6 Å². The molecule has 0 aliphatic heterocycles. The molecule has 7 nitrogen and oxygen atoms in total. The van der Waals surface area contributed by atoms with E-state index in [1.54, 1.807) is 24.3 Å². The summed E-state index contributed by atoms with van der Waals surface area (Å²) in [4.78, 5) is 25.3. The molecule has 0 saturated heterocycles. The van der Waals surface area contributed by atoms with E-state index in [9.17, 15) is 22.8 Å². The minimum Gasteiger partial charge on any atom is -0.497 e. The lowest BCUT2D eigenvalue weighted by atomic mass is 9.91. The number of nitrogens with one attached hydrogen (secondary N) is 2. The van der Waals surface area contributed by atoms with Crippen LogP contribution in [0.4, 0.5) is 18.9 Å². The molecule has 0 spiro atoms. The van der Waals surface area contributed by atoms with Crippen LogP contribution in [-0.4, -0.2) is 51.5 Å². The third kappa shape index (κ3) is 5.13. The molecule has 0 aromatic heterocycles. The van der Waals surface area contributed by atoms with E-state index in [0.717, 1.165) is 26.4 Å². The highest BCUT2D eigenvalue weighted by Gasteiger charge is 2.63. The normalized spacial score (nSPS) is 15.1. The smallest absolute Gasteiger partial charge is 0.430 e. The fraction of sp³-hybridized carbons (Fsp3) is 0.364. The van der Waals surface area contributed by atoms with Gasteiger partial charge in [0.2, 0.25) is 0 Å². The zero-order chi connectivity index (χ0) is 23.9. The van der Waals surface area contributed by atoms with Gasteiger partial charge in [-0.15, -0.1) is 0 Å². The highest BCUT2D eigenvalue weighted by molar-refractivity contribution is 5.89. The summed E-state index contributed by atoms with van der Waals surface area (Å²) in [5.74, 6) is -1.66. The molecule has 0 fully saturated rings. The van der Waals surface area contributed by atoms with Gasteiger partial charge >= 0.3 is 12.1 Å². The number of halogens is 3. The summed E-state index contributed by atoms with van der Waals surface area (Å²) in [6.45, 7) is 1.39. The second-order valence-corrected chi connectivity index (χ2v) is 6.88. The zero-order valence-corrected chi connectivity index (χ0v) is 18.0. The number of carbonyl (C=O) groups is 2. The SMILES string of the molecule is COC(=O)[C@H](Nc1ccc(OC)cc1)[C@H](C)NC(=O)[C@](OC)(c1ccccc1)C(F)(F)F. The quantitative estimate of drug-likeness (QED) is 0.566. The maximum absolute atomic E-state index is 14.1. The minimum atomic E-state index is -5.07. The van der Waals surface area contributed by atoms with Crippen LogP contribution in [0.5, 0.6) is 5.75 Å². The first-order valence-corrected chi connectivity index (χ1v) is 9.57. The van der Waals surface area contributed by atoms with Crippen LogP contribution < -0.4 is 15.4 Å². The molecule has 0 saturated carbocycles. The molecule has 174 valence electrons. The number of esters is 1. The minimum absolute atomic E-state index is 0.391. The first-order valence-electron chi connectivity index (χ1n) is 9.57. The van der Waals surface area contributed by atoms with Crippen LogP contribution >= 0.6 is 0 Å². The maximum Gasteiger partial charge on any atom is 0.430 e. The Hall–Kier alpha value is -3.27. The highest BCUT2D eigenvalue weighted by atomic mass is 19.4. The molecule has 2 rings (SSSR count). The Kier molecular flexibility index (Phi) is 8.09. The summed E-state index contributed by atoms with van der Waals surface area (Å²) < 4.78 is 56.9. The van der Waals surface area contributed by atoms with Gasteiger partial charge in [-0.3, -0.25) is 4.79 Å². The van der Waals surface area contributed by atoms with Gasteiger partial charge in [0.1, 0.15) is 11.8 Å². The number of hydrogen-bond acceptors (Lipinski definition) is 6. The van der Waals surface area contributed by atoms with Crippen LogP contribution in [0.2, 0.25) is 0 Å². The average Bonchev–Trinajstić information content (AvgIpc) is 2.77. The predicted octanol–water partition coefficient (Wildman–Crippen LogP) is 3.26. The van der Waals surface area contributed by atoms with Crippen LogP contribution in [0.1, 0.15) is 12.5 Å². The summed E-state index contributed by atoms with van der Waals surface area (Å²) in [6, 6.07) is 10.8. The number of alkyl halides is 3. The molecule has 2 aromatic rings. The van der Waals surface area contributed by atoms with Gasteiger partial charge in [-0.25, -0.2) is 4.79 Å². The first kappa shape index (κ1) is 25.0. The number of methoxy groups -OCH3 is 3. The Morgan fingerprint density at radius 3 is 2.00 bits per heavy atom. The summed E-state index contributed by atoms with van der Waals surface area (Å²) in [5, 5.41) is 5.13. The number of rotatable bonds is 9. The number of anilines is 1. The topological polar surface area (TPSA) is 85.9 Å². The number of benzene rings is 2. The van der Waals surface area contributed by atoms with E-state index < -0.39 is 41.3 Å². The van der Waals surface area contributed by atoms with Crippen molar-refractivity contribution in [2.24, 2.45) is 0 Å². The molecule has 0 aliphatic rings. The maximum atomic E-state index is 14.1. The Morgan fingerprint density at radius 1 is 0.938 bits per heavy atom. The number of carbonyl (C=O) groups excluding carboxylic acids is 2. The molecule has 10 heteroatoms. The molecule has 0 radical (unpaired) electrons. The Labute approximate surface area is 183 Å². The largest absolute Gasteiger partial charge is 0.497 e. The molecule has 0 heterocycles. The molecule has 0 unspecified atom stereocenters. The van der Waals surface area contributed by atoms with Crippen molar-refractivity contribution in [3.63, 3.8) is 0 Å². The number of ether oxygens (including phenoxy) is 3. The third-order valence-electron chi connectivity index (χ3n) is 4.93. The van der Waals surface area contributed by atoms with E-state index in [-0.39, 0.29) is 0 Å². The molecule has 1 amide bonds. The summed E-state index contributed by atoms with van der Waals surface area (Å²) in [7, 11) is 3.43. The van der Waals surface area contributed by atoms with Gasteiger partial charge in [-0.1, -0.05) is 30.3 Å². The molecular weight excluding hydrogens is 429 g/mol. The van der Waals surface area contributed by atoms with Gasteiger partial charge in [-0.05, 0) is 31.2 Å². The summed E-state index contributed by atoms with van der Waals surface area (Å²) >= 11 is 0. The van der Waals surface area contributed by atoms with E-state index in [2.05, 4.69) is 10.6 Å². The lowest BCUT2D eigenvalue weighted by molar-refractivity contribution is -0.266. The molecule has 0 aliphatic carbocycles. The number of amides is 1.